The van der Waals surface area contributed by atoms with Gasteiger partial charge < -0.3 is 10.8 Å². The second-order valence-electron chi connectivity index (χ2n) is 9.07. The van der Waals surface area contributed by atoms with Gasteiger partial charge in [0.1, 0.15) is 5.75 Å². The highest BCUT2D eigenvalue weighted by molar-refractivity contribution is 5.96. The van der Waals surface area contributed by atoms with Crippen molar-refractivity contribution in [1.82, 2.24) is 0 Å². The molecule has 0 aliphatic heterocycles. The molecule has 0 saturated carbocycles. The Kier molecular flexibility index (Phi) is 12.4. The predicted octanol–water partition coefficient (Wildman–Crippen LogP) is 8.93. The molecule has 0 amide bonds. The average Bonchev–Trinajstić information content (AvgIpc) is 2.76. The highest BCUT2D eigenvalue weighted by atomic mass is 16.3. The van der Waals surface area contributed by atoms with Gasteiger partial charge in [0.05, 0.1) is 5.69 Å². The number of benzene rings is 2. The van der Waals surface area contributed by atoms with E-state index in [0.717, 1.165) is 29.2 Å². The number of nitrogens with two attached hydrogens (primary N) is 1. The Bertz CT molecular complexity index is 709. The lowest BCUT2D eigenvalue weighted by Gasteiger charge is -2.11. The Morgan fingerprint density at radius 2 is 1.13 bits per heavy atom. The van der Waals surface area contributed by atoms with Gasteiger partial charge in [-0.25, -0.2) is 0 Å². The summed E-state index contributed by atoms with van der Waals surface area (Å²) >= 11 is 0. The molecule has 0 bridgehead atoms. The Balaban J connectivity index is 1.45. The third kappa shape index (κ3) is 8.98. The predicted molar refractivity (Wildman–Crippen MR) is 133 cm³/mol. The molecule has 0 aromatic heterocycles. The minimum Gasteiger partial charge on any atom is -0.505 e. The first-order valence-electron chi connectivity index (χ1n) is 12.7. The zero-order valence-electron chi connectivity index (χ0n) is 19.4. The van der Waals surface area contributed by atoms with Crippen molar-refractivity contribution >= 4 is 16.5 Å². The Hall–Kier alpha value is -1.70. The van der Waals surface area contributed by atoms with Crippen molar-refractivity contribution in [3.05, 3.63) is 35.9 Å². The van der Waals surface area contributed by atoms with Gasteiger partial charge in [0, 0.05) is 5.39 Å². The first kappa shape index (κ1) is 24.6. The van der Waals surface area contributed by atoms with Crippen LogP contribution in [0.15, 0.2) is 30.3 Å². The maximum atomic E-state index is 10.4. The quantitative estimate of drug-likeness (QED) is 0.155. The number of fused-ring (bicyclic) bond motifs is 1. The SMILES string of the molecule is CCCCCCCCCCCCCCCCCCc1cc2ccccc2c(N)c1O. The summed E-state index contributed by atoms with van der Waals surface area (Å²) in [6.45, 7) is 2.29. The van der Waals surface area contributed by atoms with Gasteiger partial charge >= 0.3 is 0 Å². The Morgan fingerprint density at radius 3 is 1.67 bits per heavy atom. The molecule has 2 aromatic carbocycles. The van der Waals surface area contributed by atoms with Crippen LogP contribution in [0.4, 0.5) is 5.69 Å². The maximum absolute atomic E-state index is 10.4. The van der Waals surface area contributed by atoms with Crippen molar-refractivity contribution in [3.63, 3.8) is 0 Å². The van der Waals surface area contributed by atoms with E-state index in [1.54, 1.807) is 0 Å². The molecule has 0 unspecified atom stereocenters. The molecule has 0 spiro atoms. The number of aromatic hydroxyl groups is 1. The highest BCUT2D eigenvalue weighted by Crippen LogP contribution is 2.34. The van der Waals surface area contributed by atoms with E-state index in [-0.39, 0.29) is 5.75 Å². The number of rotatable bonds is 17. The van der Waals surface area contributed by atoms with Crippen molar-refractivity contribution in [2.45, 2.75) is 116 Å². The van der Waals surface area contributed by atoms with Crippen LogP contribution in [0.5, 0.6) is 5.75 Å². The van der Waals surface area contributed by atoms with E-state index in [1.165, 1.54) is 96.3 Å². The molecule has 2 rings (SSSR count). The van der Waals surface area contributed by atoms with Crippen LogP contribution in [0.25, 0.3) is 10.8 Å². The standard InChI is InChI=1S/C28H45NO/c1-2-3-4-5-6-7-8-9-10-11-12-13-14-15-16-17-21-25-23-24-20-18-19-22-26(24)27(29)28(25)30/h18-20,22-23,30H,2-17,21,29H2,1H3. The molecule has 2 heteroatoms. The molecule has 0 fully saturated rings. The highest BCUT2D eigenvalue weighted by Gasteiger charge is 2.09. The van der Waals surface area contributed by atoms with Crippen molar-refractivity contribution in [2.75, 3.05) is 5.73 Å². The number of nitrogen functional groups attached to an aromatic ring is 1. The molecule has 0 aliphatic rings. The van der Waals surface area contributed by atoms with Crippen LogP contribution in [-0.4, -0.2) is 5.11 Å². The molecule has 0 radical (unpaired) electrons. The van der Waals surface area contributed by atoms with E-state index in [4.69, 9.17) is 5.73 Å². The molecule has 2 nitrogen and oxygen atoms in total. The van der Waals surface area contributed by atoms with Crippen LogP contribution >= 0.6 is 0 Å². The molecule has 30 heavy (non-hydrogen) atoms. The van der Waals surface area contributed by atoms with Crippen LogP contribution in [0.3, 0.4) is 0 Å². The van der Waals surface area contributed by atoms with Gasteiger partial charge in [0.25, 0.3) is 0 Å². The fourth-order valence-corrected chi connectivity index (χ4v) is 4.48. The fraction of sp³-hybridized carbons (Fsp3) is 0.643. The number of unbranched alkanes of at least 4 members (excludes halogenated alkanes) is 15. The van der Waals surface area contributed by atoms with E-state index in [1.807, 2.05) is 18.2 Å². The third-order valence-electron chi connectivity index (χ3n) is 6.44. The lowest BCUT2D eigenvalue weighted by atomic mass is 9.99. The minimum absolute atomic E-state index is 0.287. The van der Waals surface area contributed by atoms with Gasteiger partial charge in [0.2, 0.25) is 0 Å². The van der Waals surface area contributed by atoms with Gasteiger partial charge in [0.15, 0.2) is 0 Å². The molecule has 2 aromatic rings. The normalized spacial score (nSPS) is 11.4. The van der Waals surface area contributed by atoms with Gasteiger partial charge in [-0.15, -0.1) is 0 Å². The topological polar surface area (TPSA) is 46.2 Å². The summed E-state index contributed by atoms with van der Waals surface area (Å²) in [5.41, 5.74) is 7.65. The summed E-state index contributed by atoms with van der Waals surface area (Å²) in [7, 11) is 0. The van der Waals surface area contributed by atoms with E-state index in [0.29, 0.717) is 5.69 Å². The maximum Gasteiger partial charge on any atom is 0.142 e. The molecular weight excluding hydrogens is 366 g/mol. The molecule has 168 valence electrons. The summed E-state index contributed by atoms with van der Waals surface area (Å²) in [6, 6.07) is 10.1. The van der Waals surface area contributed by atoms with Crippen LogP contribution in [0, 0.1) is 0 Å². The number of phenols is 1. The summed E-state index contributed by atoms with van der Waals surface area (Å²) in [6.07, 6.45) is 23.0. The van der Waals surface area contributed by atoms with Gasteiger partial charge in [-0.05, 0) is 29.9 Å². The third-order valence-corrected chi connectivity index (χ3v) is 6.44. The van der Waals surface area contributed by atoms with Crippen molar-refractivity contribution in [3.8, 4) is 5.75 Å². The average molecular weight is 412 g/mol. The smallest absolute Gasteiger partial charge is 0.142 e. The van der Waals surface area contributed by atoms with E-state index in [9.17, 15) is 5.11 Å². The van der Waals surface area contributed by atoms with Gasteiger partial charge in [-0.3, -0.25) is 0 Å². The van der Waals surface area contributed by atoms with Crippen LogP contribution in [-0.2, 0) is 6.42 Å². The second kappa shape index (κ2) is 15.2. The van der Waals surface area contributed by atoms with Gasteiger partial charge in [-0.1, -0.05) is 128 Å². The van der Waals surface area contributed by atoms with Crippen molar-refractivity contribution in [2.24, 2.45) is 0 Å². The van der Waals surface area contributed by atoms with Gasteiger partial charge in [-0.2, -0.15) is 0 Å². The number of phenolic OH excluding ortho intramolecular Hbond substituents is 1. The number of hydrogen-bond donors (Lipinski definition) is 2. The monoisotopic (exact) mass is 411 g/mol. The fourth-order valence-electron chi connectivity index (χ4n) is 4.48. The molecule has 3 N–H and O–H groups in total. The molecule has 0 heterocycles. The lowest BCUT2D eigenvalue weighted by Crippen LogP contribution is -1.94. The van der Waals surface area contributed by atoms with E-state index >= 15 is 0 Å². The number of aryl methyl sites for hydroxylation is 1. The van der Waals surface area contributed by atoms with Crippen LogP contribution in [0.1, 0.15) is 115 Å². The summed E-state index contributed by atoms with van der Waals surface area (Å²) < 4.78 is 0. The lowest BCUT2D eigenvalue weighted by molar-refractivity contribution is 0.469. The summed E-state index contributed by atoms with van der Waals surface area (Å²) in [4.78, 5) is 0. The summed E-state index contributed by atoms with van der Waals surface area (Å²) in [5.74, 6) is 0.287. The molecular formula is C28H45NO. The van der Waals surface area contributed by atoms with Crippen molar-refractivity contribution < 1.29 is 5.11 Å². The van der Waals surface area contributed by atoms with Crippen molar-refractivity contribution in [1.29, 1.82) is 0 Å². The minimum atomic E-state index is 0.287. The Morgan fingerprint density at radius 1 is 0.667 bits per heavy atom. The number of hydrogen-bond acceptors (Lipinski definition) is 2. The molecule has 0 atom stereocenters. The largest absolute Gasteiger partial charge is 0.505 e. The number of anilines is 1. The summed E-state index contributed by atoms with van der Waals surface area (Å²) in [5, 5.41) is 12.5. The first-order valence-corrected chi connectivity index (χ1v) is 12.7. The molecule has 0 aliphatic carbocycles. The second-order valence-corrected chi connectivity index (χ2v) is 9.07. The molecule has 0 saturated heterocycles. The zero-order valence-corrected chi connectivity index (χ0v) is 19.4. The van der Waals surface area contributed by atoms with Crippen LogP contribution < -0.4 is 5.73 Å². The Labute approximate surface area is 185 Å². The van der Waals surface area contributed by atoms with Crippen LogP contribution in [0.2, 0.25) is 0 Å². The zero-order chi connectivity index (χ0) is 21.4. The van der Waals surface area contributed by atoms with E-state index in [2.05, 4.69) is 19.1 Å². The van der Waals surface area contributed by atoms with E-state index < -0.39 is 0 Å². The first-order chi connectivity index (χ1) is 14.7.